The number of amides is 1. The SMILES string of the molecule is COc1cc2c(cc1OC)C(Cc1c[nH]c3ccccc13)N(C(=O)C1CCOCC1)CC2. The molecule has 2 aliphatic heterocycles. The van der Waals surface area contributed by atoms with E-state index in [9.17, 15) is 4.79 Å². The van der Waals surface area contributed by atoms with Gasteiger partial charge in [-0.25, -0.2) is 0 Å². The Kier molecular flexibility index (Phi) is 5.79. The number of fused-ring (bicyclic) bond motifs is 2. The molecule has 1 aromatic heterocycles. The van der Waals surface area contributed by atoms with Crippen molar-refractivity contribution < 1.29 is 19.0 Å². The fraction of sp³-hybridized carbons (Fsp3) is 0.423. The van der Waals surface area contributed by atoms with Crippen LogP contribution in [-0.2, 0) is 22.4 Å². The lowest BCUT2D eigenvalue weighted by molar-refractivity contribution is -0.141. The summed E-state index contributed by atoms with van der Waals surface area (Å²) >= 11 is 0. The molecular weight excluding hydrogens is 404 g/mol. The van der Waals surface area contributed by atoms with Gasteiger partial charge in [0, 0.05) is 42.8 Å². The molecule has 1 fully saturated rings. The zero-order chi connectivity index (χ0) is 22.1. The molecule has 6 nitrogen and oxygen atoms in total. The van der Waals surface area contributed by atoms with Crippen molar-refractivity contribution in [3.05, 3.63) is 59.3 Å². The first kappa shape index (κ1) is 20.9. The Labute approximate surface area is 188 Å². The number of carbonyl (C=O) groups excluding carboxylic acids is 1. The van der Waals surface area contributed by atoms with Gasteiger partial charge in [0.25, 0.3) is 0 Å². The number of H-pyrrole nitrogens is 1. The van der Waals surface area contributed by atoms with Crippen molar-refractivity contribution in [1.82, 2.24) is 9.88 Å². The maximum Gasteiger partial charge on any atom is 0.226 e. The predicted octanol–water partition coefficient (Wildman–Crippen LogP) is 4.28. The summed E-state index contributed by atoms with van der Waals surface area (Å²) in [5.74, 6) is 1.73. The van der Waals surface area contributed by atoms with Crippen molar-refractivity contribution >= 4 is 16.8 Å². The fourth-order valence-electron chi connectivity index (χ4n) is 5.20. The van der Waals surface area contributed by atoms with E-state index in [1.54, 1.807) is 14.2 Å². The molecule has 1 N–H and O–H groups in total. The lowest BCUT2D eigenvalue weighted by atomic mass is 9.86. The minimum Gasteiger partial charge on any atom is -0.493 e. The van der Waals surface area contributed by atoms with Gasteiger partial charge in [-0.1, -0.05) is 18.2 Å². The van der Waals surface area contributed by atoms with E-state index >= 15 is 0 Å². The van der Waals surface area contributed by atoms with E-state index in [1.807, 2.05) is 6.07 Å². The van der Waals surface area contributed by atoms with Crippen LogP contribution in [-0.4, -0.2) is 49.8 Å². The Morgan fingerprint density at radius 2 is 1.88 bits per heavy atom. The second-order valence-electron chi connectivity index (χ2n) is 8.65. The Balaban J connectivity index is 1.56. The first-order valence-corrected chi connectivity index (χ1v) is 11.4. The highest BCUT2D eigenvalue weighted by atomic mass is 16.5. The summed E-state index contributed by atoms with van der Waals surface area (Å²) in [6.45, 7) is 2.05. The van der Waals surface area contributed by atoms with Crippen LogP contribution in [0.2, 0.25) is 0 Å². The molecule has 3 heterocycles. The number of carbonyl (C=O) groups is 1. The van der Waals surface area contributed by atoms with Gasteiger partial charge >= 0.3 is 0 Å². The lowest BCUT2D eigenvalue weighted by Gasteiger charge is -2.40. The van der Waals surface area contributed by atoms with Crippen molar-refractivity contribution in [2.24, 2.45) is 5.92 Å². The van der Waals surface area contributed by atoms with Gasteiger partial charge in [0.2, 0.25) is 5.91 Å². The smallest absolute Gasteiger partial charge is 0.226 e. The number of benzene rings is 2. The Morgan fingerprint density at radius 1 is 1.12 bits per heavy atom. The van der Waals surface area contributed by atoms with Gasteiger partial charge in [0.1, 0.15) is 0 Å². The number of nitrogens with zero attached hydrogens (tertiary/aromatic N) is 1. The molecule has 32 heavy (non-hydrogen) atoms. The summed E-state index contributed by atoms with van der Waals surface area (Å²) in [6, 6.07) is 12.4. The van der Waals surface area contributed by atoms with Crippen LogP contribution >= 0.6 is 0 Å². The molecule has 0 aliphatic carbocycles. The van der Waals surface area contributed by atoms with Crippen LogP contribution in [0.3, 0.4) is 0 Å². The third-order valence-corrected chi connectivity index (χ3v) is 6.94. The zero-order valence-electron chi connectivity index (χ0n) is 18.7. The first-order valence-electron chi connectivity index (χ1n) is 11.4. The molecule has 1 saturated heterocycles. The summed E-state index contributed by atoms with van der Waals surface area (Å²) < 4.78 is 16.7. The highest BCUT2D eigenvalue weighted by Gasteiger charge is 2.36. The van der Waals surface area contributed by atoms with Crippen LogP contribution < -0.4 is 9.47 Å². The second kappa shape index (κ2) is 8.87. The standard InChI is InChI=1S/C26H30N2O4/c1-30-24-14-18-7-10-28(26(29)17-8-11-32-12-9-17)23(21(18)15-25(24)31-2)13-19-16-27-22-6-4-3-5-20(19)22/h3-6,14-17,23,27H,7-13H2,1-2H3. The number of ether oxygens (including phenoxy) is 3. The zero-order valence-corrected chi connectivity index (χ0v) is 18.7. The van der Waals surface area contributed by atoms with E-state index in [4.69, 9.17) is 14.2 Å². The number of aromatic amines is 1. The van der Waals surface area contributed by atoms with Gasteiger partial charge in [0.15, 0.2) is 11.5 Å². The van der Waals surface area contributed by atoms with E-state index in [-0.39, 0.29) is 17.9 Å². The van der Waals surface area contributed by atoms with Crippen LogP contribution in [0.5, 0.6) is 11.5 Å². The van der Waals surface area contributed by atoms with Crippen LogP contribution in [0.1, 0.15) is 35.6 Å². The van der Waals surface area contributed by atoms with Gasteiger partial charge in [-0.3, -0.25) is 4.79 Å². The number of hydrogen-bond donors (Lipinski definition) is 1. The van der Waals surface area contributed by atoms with Gasteiger partial charge in [-0.15, -0.1) is 0 Å². The van der Waals surface area contributed by atoms with Gasteiger partial charge in [0.05, 0.1) is 20.3 Å². The fourth-order valence-corrected chi connectivity index (χ4v) is 5.20. The third-order valence-electron chi connectivity index (χ3n) is 6.94. The summed E-state index contributed by atoms with van der Waals surface area (Å²) in [5.41, 5.74) is 4.72. The molecular formula is C26H30N2O4. The van der Waals surface area contributed by atoms with Crippen LogP contribution in [0.25, 0.3) is 10.9 Å². The first-order chi connectivity index (χ1) is 15.7. The van der Waals surface area contributed by atoms with E-state index < -0.39 is 0 Å². The Morgan fingerprint density at radius 3 is 2.66 bits per heavy atom. The number of nitrogens with one attached hydrogen (secondary N) is 1. The van der Waals surface area contributed by atoms with Crippen molar-refractivity contribution in [3.63, 3.8) is 0 Å². The molecule has 2 aromatic carbocycles. The van der Waals surface area contributed by atoms with Crippen molar-refractivity contribution in [3.8, 4) is 11.5 Å². The summed E-state index contributed by atoms with van der Waals surface area (Å²) in [5, 5.41) is 1.21. The van der Waals surface area contributed by atoms with E-state index in [0.717, 1.165) is 42.5 Å². The monoisotopic (exact) mass is 434 g/mol. The quantitative estimate of drug-likeness (QED) is 0.651. The van der Waals surface area contributed by atoms with Gasteiger partial charge < -0.3 is 24.1 Å². The van der Waals surface area contributed by atoms with Crippen molar-refractivity contribution in [2.45, 2.75) is 31.7 Å². The van der Waals surface area contributed by atoms with E-state index in [2.05, 4.69) is 46.4 Å². The Bertz CT molecular complexity index is 1120. The highest BCUT2D eigenvalue weighted by molar-refractivity contribution is 5.84. The molecule has 0 radical (unpaired) electrons. The maximum atomic E-state index is 13.6. The number of hydrogen-bond acceptors (Lipinski definition) is 4. The molecule has 0 spiro atoms. The minimum absolute atomic E-state index is 0.0379. The molecule has 3 aromatic rings. The van der Waals surface area contributed by atoms with E-state index in [0.29, 0.717) is 25.5 Å². The van der Waals surface area contributed by atoms with Crippen LogP contribution in [0, 0.1) is 5.92 Å². The number of methoxy groups -OCH3 is 2. The summed E-state index contributed by atoms with van der Waals surface area (Å²) in [7, 11) is 3.32. The molecule has 5 rings (SSSR count). The average Bonchev–Trinajstić information content (AvgIpc) is 3.26. The van der Waals surface area contributed by atoms with Crippen molar-refractivity contribution in [1.29, 1.82) is 0 Å². The highest BCUT2D eigenvalue weighted by Crippen LogP contribution is 2.41. The normalized spacial score (nSPS) is 19.1. The topological polar surface area (TPSA) is 63.8 Å². The number of para-hydroxylation sites is 1. The van der Waals surface area contributed by atoms with Crippen LogP contribution in [0.15, 0.2) is 42.6 Å². The summed E-state index contributed by atoms with van der Waals surface area (Å²) in [6.07, 6.45) is 5.25. The number of aromatic nitrogens is 1. The van der Waals surface area contributed by atoms with Gasteiger partial charge in [-0.2, -0.15) is 0 Å². The summed E-state index contributed by atoms with van der Waals surface area (Å²) in [4.78, 5) is 19.1. The predicted molar refractivity (Wildman–Crippen MR) is 123 cm³/mol. The largest absolute Gasteiger partial charge is 0.493 e. The van der Waals surface area contributed by atoms with Crippen LogP contribution in [0.4, 0.5) is 0 Å². The molecule has 0 bridgehead atoms. The molecule has 1 amide bonds. The van der Waals surface area contributed by atoms with E-state index in [1.165, 1.54) is 16.5 Å². The third kappa shape index (κ3) is 3.73. The minimum atomic E-state index is -0.0480. The number of rotatable bonds is 5. The average molecular weight is 435 g/mol. The van der Waals surface area contributed by atoms with Gasteiger partial charge in [-0.05, 0) is 60.6 Å². The molecule has 168 valence electrons. The lowest BCUT2D eigenvalue weighted by Crippen LogP contribution is -2.45. The second-order valence-corrected chi connectivity index (χ2v) is 8.65. The maximum absolute atomic E-state index is 13.6. The molecule has 1 unspecified atom stereocenters. The van der Waals surface area contributed by atoms with Crippen molar-refractivity contribution in [2.75, 3.05) is 34.0 Å². The molecule has 1 atom stereocenters. The molecule has 2 aliphatic rings. The molecule has 0 saturated carbocycles. The molecule has 6 heteroatoms. The Hall–Kier alpha value is -2.99.